The smallest absolute Gasteiger partial charge is 0.129 e. The van der Waals surface area contributed by atoms with E-state index in [4.69, 9.17) is 10.4 Å². The maximum Gasteiger partial charge on any atom is 0.129 e. The summed E-state index contributed by atoms with van der Waals surface area (Å²) >= 11 is 0. The van der Waals surface area contributed by atoms with Crippen LogP contribution in [0.2, 0.25) is 0 Å². The average Bonchev–Trinajstić information content (AvgIpc) is 1.87. The van der Waals surface area contributed by atoms with Crippen LogP contribution in [0.15, 0.2) is 0 Å². The van der Waals surface area contributed by atoms with E-state index in [2.05, 4.69) is 0 Å². The van der Waals surface area contributed by atoms with Crippen molar-refractivity contribution in [1.29, 1.82) is 5.26 Å². The Morgan fingerprint density at radius 1 is 1.73 bits per heavy atom. The molecule has 0 aliphatic rings. The Morgan fingerprint density at radius 2 is 2.36 bits per heavy atom. The highest BCUT2D eigenvalue weighted by Gasteiger charge is 2.02. The van der Waals surface area contributed by atoms with Crippen LogP contribution in [0.4, 0.5) is 0 Å². The molecule has 1 N–H and O–H groups in total. The van der Waals surface area contributed by atoms with Crippen LogP contribution in [0.1, 0.15) is 32.6 Å². The summed E-state index contributed by atoms with van der Waals surface area (Å²) < 4.78 is 0. The van der Waals surface area contributed by atoms with Crippen LogP contribution in [-0.4, -0.2) is 17.0 Å². The summed E-state index contributed by atoms with van der Waals surface area (Å²) in [6, 6.07) is 1.87. The summed E-state index contributed by atoms with van der Waals surface area (Å²) in [4.78, 5) is 10.4. The number of Topliss-reactive ketones (excluding diaryl/α,β-unsaturated/α-hetero) is 1. The molecule has 3 heteroatoms. The van der Waals surface area contributed by atoms with Crippen molar-refractivity contribution < 1.29 is 9.90 Å². The Hall–Kier alpha value is -0.880. The summed E-state index contributed by atoms with van der Waals surface area (Å²) in [6.45, 7) is 1.52. The Balaban J connectivity index is 3.25. The lowest BCUT2D eigenvalue weighted by molar-refractivity contribution is -0.117. The molecule has 0 aliphatic carbocycles. The number of ketones is 1. The fraction of sp³-hybridized carbons (Fsp3) is 0.750. The second kappa shape index (κ2) is 5.87. The van der Waals surface area contributed by atoms with Gasteiger partial charge in [-0.05, 0) is 19.8 Å². The Bertz CT molecular complexity index is 160. The molecule has 0 aliphatic heterocycles. The Labute approximate surface area is 66.6 Å². The van der Waals surface area contributed by atoms with Crippen molar-refractivity contribution >= 4 is 5.78 Å². The predicted molar refractivity (Wildman–Crippen MR) is 40.8 cm³/mol. The molecule has 0 saturated carbocycles. The van der Waals surface area contributed by atoms with E-state index < -0.39 is 6.10 Å². The molecule has 0 fully saturated rings. The molecule has 11 heavy (non-hydrogen) atoms. The number of nitriles is 1. The predicted octanol–water partition coefficient (Wildman–Crippen LogP) is 1.02. The number of hydrogen-bond donors (Lipinski definition) is 1. The number of aliphatic hydroxyl groups is 1. The van der Waals surface area contributed by atoms with Crippen molar-refractivity contribution in [1.82, 2.24) is 0 Å². The van der Waals surface area contributed by atoms with E-state index in [9.17, 15) is 4.79 Å². The number of rotatable bonds is 5. The minimum Gasteiger partial charge on any atom is -0.392 e. The fourth-order valence-corrected chi connectivity index (χ4v) is 0.794. The van der Waals surface area contributed by atoms with Crippen molar-refractivity contribution in [2.45, 2.75) is 38.7 Å². The zero-order chi connectivity index (χ0) is 8.69. The summed E-state index contributed by atoms with van der Waals surface area (Å²) in [6.07, 6.45) is 1.34. The van der Waals surface area contributed by atoms with Crippen molar-refractivity contribution in [2.24, 2.45) is 0 Å². The van der Waals surface area contributed by atoms with E-state index in [0.717, 1.165) is 0 Å². The molecule has 0 radical (unpaired) electrons. The molecule has 0 saturated heterocycles. The maximum absolute atomic E-state index is 10.4. The SMILES string of the molecule is CC(=O)CCCC(O)CC#N. The van der Waals surface area contributed by atoms with Gasteiger partial charge in [0.25, 0.3) is 0 Å². The molecule has 0 aromatic carbocycles. The highest BCUT2D eigenvalue weighted by atomic mass is 16.3. The van der Waals surface area contributed by atoms with Gasteiger partial charge in [-0.25, -0.2) is 0 Å². The topological polar surface area (TPSA) is 61.1 Å². The molecule has 1 atom stereocenters. The lowest BCUT2D eigenvalue weighted by Gasteiger charge is -2.03. The Kier molecular flexibility index (Phi) is 5.40. The monoisotopic (exact) mass is 155 g/mol. The number of nitrogens with zero attached hydrogens (tertiary/aromatic N) is 1. The molecular weight excluding hydrogens is 142 g/mol. The van der Waals surface area contributed by atoms with Gasteiger partial charge in [0.05, 0.1) is 18.6 Å². The first-order chi connectivity index (χ1) is 5.16. The van der Waals surface area contributed by atoms with E-state index in [0.29, 0.717) is 19.3 Å². The summed E-state index contributed by atoms with van der Waals surface area (Å²) in [5.74, 6) is 0.133. The van der Waals surface area contributed by atoms with Crippen LogP contribution >= 0.6 is 0 Å². The standard InChI is InChI=1S/C8H13NO2/c1-7(10)3-2-4-8(11)5-6-9/h8,11H,2-5H2,1H3. The Morgan fingerprint density at radius 3 is 2.82 bits per heavy atom. The third-order valence-electron chi connectivity index (χ3n) is 1.39. The second-order valence-electron chi connectivity index (χ2n) is 2.61. The van der Waals surface area contributed by atoms with Crippen LogP contribution in [-0.2, 0) is 4.79 Å². The van der Waals surface area contributed by atoms with Crippen LogP contribution in [0.5, 0.6) is 0 Å². The molecule has 0 spiro atoms. The van der Waals surface area contributed by atoms with E-state index in [1.54, 1.807) is 0 Å². The van der Waals surface area contributed by atoms with Gasteiger partial charge < -0.3 is 9.90 Å². The first-order valence-electron chi connectivity index (χ1n) is 3.71. The van der Waals surface area contributed by atoms with Gasteiger partial charge in [0.15, 0.2) is 0 Å². The zero-order valence-corrected chi connectivity index (χ0v) is 6.71. The van der Waals surface area contributed by atoms with E-state index in [-0.39, 0.29) is 12.2 Å². The van der Waals surface area contributed by atoms with Gasteiger partial charge in [0.1, 0.15) is 5.78 Å². The van der Waals surface area contributed by atoms with Gasteiger partial charge in [0.2, 0.25) is 0 Å². The van der Waals surface area contributed by atoms with Gasteiger partial charge >= 0.3 is 0 Å². The first-order valence-corrected chi connectivity index (χ1v) is 3.71. The van der Waals surface area contributed by atoms with Gasteiger partial charge in [-0.3, -0.25) is 0 Å². The fourth-order valence-electron chi connectivity index (χ4n) is 0.794. The van der Waals surface area contributed by atoms with E-state index in [1.807, 2.05) is 6.07 Å². The van der Waals surface area contributed by atoms with Crippen molar-refractivity contribution in [3.8, 4) is 6.07 Å². The third kappa shape index (κ3) is 7.01. The number of carbonyl (C=O) groups is 1. The van der Waals surface area contributed by atoms with E-state index >= 15 is 0 Å². The van der Waals surface area contributed by atoms with Gasteiger partial charge in [-0.2, -0.15) is 5.26 Å². The lowest BCUT2D eigenvalue weighted by atomic mass is 10.1. The average molecular weight is 155 g/mol. The van der Waals surface area contributed by atoms with Crippen LogP contribution in [0.3, 0.4) is 0 Å². The minimum atomic E-state index is -0.556. The van der Waals surface area contributed by atoms with Crippen LogP contribution < -0.4 is 0 Å². The molecule has 3 nitrogen and oxygen atoms in total. The van der Waals surface area contributed by atoms with Gasteiger partial charge in [-0.1, -0.05) is 0 Å². The second-order valence-corrected chi connectivity index (χ2v) is 2.61. The third-order valence-corrected chi connectivity index (χ3v) is 1.39. The summed E-state index contributed by atoms with van der Waals surface area (Å²) in [7, 11) is 0. The minimum absolute atomic E-state index is 0.133. The maximum atomic E-state index is 10.4. The van der Waals surface area contributed by atoms with Crippen LogP contribution in [0, 0.1) is 11.3 Å². The van der Waals surface area contributed by atoms with Crippen molar-refractivity contribution in [3.63, 3.8) is 0 Å². The highest BCUT2D eigenvalue weighted by Crippen LogP contribution is 2.03. The number of hydrogen-bond acceptors (Lipinski definition) is 3. The largest absolute Gasteiger partial charge is 0.392 e. The summed E-state index contributed by atoms with van der Waals surface area (Å²) in [5.41, 5.74) is 0. The molecule has 0 heterocycles. The zero-order valence-electron chi connectivity index (χ0n) is 6.71. The number of aliphatic hydroxyl groups excluding tert-OH is 1. The van der Waals surface area contributed by atoms with Crippen LogP contribution in [0.25, 0.3) is 0 Å². The molecule has 0 aromatic heterocycles. The molecule has 0 aromatic rings. The molecule has 62 valence electrons. The van der Waals surface area contributed by atoms with Gasteiger partial charge in [-0.15, -0.1) is 0 Å². The highest BCUT2D eigenvalue weighted by molar-refractivity contribution is 5.75. The normalized spacial score (nSPS) is 12.1. The molecular formula is C8H13NO2. The van der Waals surface area contributed by atoms with Gasteiger partial charge in [0, 0.05) is 6.42 Å². The molecule has 0 rings (SSSR count). The number of carbonyl (C=O) groups excluding carboxylic acids is 1. The van der Waals surface area contributed by atoms with Crippen molar-refractivity contribution in [2.75, 3.05) is 0 Å². The lowest BCUT2D eigenvalue weighted by Crippen LogP contribution is -2.05. The molecule has 0 bridgehead atoms. The summed E-state index contributed by atoms with van der Waals surface area (Å²) in [5, 5.41) is 17.2. The molecule has 0 amide bonds. The quantitative estimate of drug-likeness (QED) is 0.644. The first kappa shape index (κ1) is 10.1. The van der Waals surface area contributed by atoms with E-state index in [1.165, 1.54) is 6.92 Å². The molecule has 1 unspecified atom stereocenters. The van der Waals surface area contributed by atoms with Crippen molar-refractivity contribution in [3.05, 3.63) is 0 Å².